The molecule has 1 aromatic heterocycles. The van der Waals surface area contributed by atoms with Gasteiger partial charge in [0.2, 0.25) is 0 Å². The van der Waals surface area contributed by atoms with E-state index in [0.29, 0.717) is 33.5 Å². The minimum Gasteiger partial charge on any atom is -0.384 e. The lowest BCUT2D eigenvalue weighted by atomic mass is 9.88. The van der Waals surface area contributed by atoms with Gasteiger partial charge in [-0.2, -0.15) is 0 Å². The zero-order valence-corrected chi connectivity index (χ0v) is 21.6. The highest BCUT2D eigenvalue weighted by molar-refractivity contribution is 6.32. The number of rotatable bonds is 5. The fraction of sp³-hybridized carbons (Fsp3) is 0.414. The normalized spacial score (nSPS) is 17.4. The molecule has 0 aliphatic heterocycles. The summed E-state index contributed by atoms with van der Waals surface area (Å²) >= 11 is 12.8. The highest BCUT2D eigenvalue weighted by atomic mass is 35.5. The monoisotopic (exact) mass is 509 g/mol. The molecule has 0 unspecified atom stereocenters. The third kappa shape index (κ3) is 4.96. The lowest BCUT2D eigenvalue weighted by Crippen LogP contribution is -2.48. The predicted octanol–water partition coefficient (Wildman–Crippen LogP) is 8.14. The molecule has 2 aliphatic carbocycles. The summed E-state index contributed by atoms with van der Waals surface area (Å²) in [6, 6.07) is 17.8. The van der Waals surface area contributed by atoms with Gasteiger partial charge in [-0.25, -0.2) is 0 Å². The number of carbonyl (C=O) groups is 1. The number of anilines is 1. The molecule has 2 N–H and O–H groups in total. The van der Waals surface area contributed by atoms with Crippen molar-refractivity contribution in [2.24, 2.45) is 0 Å². The van der Waals surface area contributed by atoms with Crippen molar-refractivity contribution in [3.63, 3.8) is 0 Å². The average molecular weight is 511 g/mol. The SMILES string of the molecule is Nc1c(C(=O)N(C2CCCCC2)C2CCCCC2)cc(-c2ccc(Cl)cc2)n1-c1ccccc1Cl. The molecule has 6 heteroatoms. The maximum atomic E-state index is 14.3. The molecule has 2 saturated carbocycles. The Morgan fingerprint density at radius 2 is 1.40 bits per heavy atom. The molecule has 1 amide bonds. The number of para-hydroxylation sites is 1. The molecule has 0 saturated heterocycles. The van der Waals surface area contributed by atoms with Crippen LogP contribution in [-0.4, -0.2) is 27.5 Å². The Hall–Kier alpha value is -2.43. The smallest absolute Gasteiger partial charge is 0.258 e. The maximum Gasteiger partial charge on any atom is 0.258 e. The molecule has 5 rings (SSSR count). The summed E-state index contributed by atoms with van der Waals surface area (Å²) in [7, 11) is 0. The van der Waals surface area contributed by atoms with Crippen LogP contribution in [0.4, 0.5) is 5.82 Å². The van der Waals surface area contributed by atoms with Crippen molar-refractivity contribution in [2.75, 3.05) is 5.73 Å². The Labute approximate surface area is 218 Å². The first kappa shape index (κ1) is 24.3. The van der Waals surface area contributed by atoms with Gasteiger partial charge in [0, 0.05) is 17.1 Å². The summed E-state index contributed by atoms with van der Waals surface area (Å²) in [5, 5.41) is 1.25. The van der Waals surface area contributed by atoms with Gasteiger partial charge < -0.3 is 10.6 Å². The van der Waals surface area contributed by atoms with Crippen LogP contribution in [0.3, 0.4) is 0 Å². The van der Waals surface area contributed by atoms with Crippen molar-refractivity contribution in [3.05, 3.63) is 70.2 Å². The van der Waals surface area contributed by atoms with Crippen molar-refractivity contribution in [2.45, 2.75) is 76.3 Å². The highest BCUT2D eigenvalue weighted by Gasteiger charge is 2.35. The van der Waals surface area contributed by atoms with Crippen molar-refractivity contribution in [1.82, 2.24) is 9.47 Å². The van der Waals surface area contributed by atoms with Crippen molar-refractivity contribution < 1.29 is 4.79 Å². The van der Waals surface area contributed by atoms with E-state index >= 15 is 0 Å². The van der Waals surface area contributed by atoms with Gasteiger partial charge in [0.15, 0.2) is 0 Å². The minimum absolute atomic E-state index is 0.0577. The summed E-state index contributed by atoms with van der Waals surface area (Å²) in [5.74, 6) is 0.493. The van der Waals surface area contributed by atoms with Crippen molar-refractivity contribution in [1.29, 1.82) is 0 Å². The van der Waals surface area contributed by atoms with E-state index in [-0.39, 0.29) is 5.91 Å². The van der Waals surface area contributed by atoms with Gasteiger partial charge in [-0.15, -0.1) is 0 Å². The standard InChI is InChI=1S/C29H33Cl2N3O/c30-21-17-15-20(16-18-21)27-19-24(28(32)34(27)26-14-8-7-13-25(26)31)29(35)33(22-9-3-1-4-10-22)23-11-5-2-6-12-23/h7-8,13-19,22-23H,1-6,9-12,32H2. The average Bonchev–Trinajstić information content (AvgIpc) is 3.23. The van der Waals surface area contributed by atoms with E-state index in [2.05, 4.69) is 4.90 Å². The number of carbonyl (C=O) groups excluding carboxylic acids is 1. The molecular formula is C29H33Cl2N3O. The second-order valence-corrected chi connectivity index (χ2v) is 10.8. The van der Waals surface area contributed by atoms with Gasteiger partial charge in [-0.1, -0.05) is 86.0 Å². The van der Waals surface area contributed by atoms with Crippen molar-refractivity contribution in [3.8, 4) is 16.9 Å². The quantitative estimate of drug-likeness (QED) is 0.377. The van der Waals surface area contributed by atoms with Gasteiger partial charge in [0.1, 0.15) is 5.82 Å². The van der Waals surface area contributed by atoms with E-state index in [4.69, 9.17) is 28.9 Å². The van der Waals surface area contributed by atoms with E-state index in [0.717, 1.165) is 42.6 Å². The van der Waals surface area contributed by atoms with E-state index in [1.807, 2.05) is 59.2 Å². The molecule has 2 fully saturated rings. The van der Waals surface area contributed by atoms with Crippen LogP contribution < -0.4 is 5.73 Å². The molecule has 0 atom stereocenters. The summed E-state index contributed by atoms with van der Waals surface area (Å²) in [6.07, 6.45) is 11.6. The van der Waals surface area contributed by atoms with Crippen LogP contribution >= 0.6 is 23.2 Å². The van der Waals surface area contributed by atoms with Gasteiger partial charge in [0.25, 0.3) is 5.91 Å². The van der Waals surface area contributed by atoms with Crippen LogP contribution in [0, 0.1) is 0 Å². The first-order valence-electron chi connectivity index (χ1n) is 12.9. The number of nitrogens with zero attached hydrogens (tertiary/aromatic N) is 2. The number of aromatic nitrogens is 1. The Balaban J connectivity index is 1.62. The topological polar surface area (TPSA) is 51.3 Å². The molecule has 2 aliphatic rings. The number of halogens is 2. The van der Waals surface area contributed by atoms with Crippen LogP contribution in [0.1, 0.15) is 74.6 Å². The highest BCUT2D eigenvalue weighted by Crippen LogP contribution is 2.38. The van der Waals surface area contributed by atoms with Gasteiger partial charge in [-0.3, -0.25) is 9.36 Å². The Morgan fingerprint density at radius 3 is 1.97 bits per heavy atom. The van der Waals surface area contributed by atoms with Crippen LogP contribution in [-0.2, 0) is 0 Å². The Morgan fingerprint density at radius 1 is 0.829 bits per heavy atom. The van der Waals surface area contributed by atoms with Crippen LogP contribution in [0.25, 0.3) is 16.9 Å². The Bertz CT molecular complexity index is 1160. The van der Waals surface area contributed by atoms with E-state index < -0.39 is 0 Å². The largest absolute Gasteiger partial charge is 0.384 e. The predicted molar refractivity (Wildman–Crippen MR) is 146 cm³/mol. The van der Waals surface area contributed by atoms with E-state index in [1.165, 1.54) is 38.5 Å². The number of amides is 1. The third-order valence-electron chi connectivity index (χ3n) is 7.67. The molecule has 0 radical (unpaired) electrons. The molecule has 1 heterocycles. The van der Waals surface area contributed by atoms with Crippen LogP contribution in [0.5, 0.6) is 0 Å². The van der Waals surface area contributed by atoms with Gasteiger partial charge in [-0.05, 0) is 61.6 Å². The fourth-order valence-electron chi connectivity index (χ4n) is 5.91. The Kier molecular flexibility index (Phi) is 7.40. The zero-order valence-electron chi connectivity index (χ0n) is 20.1. The molecule has 0 spiro atoms. The van der Waals surface area contributed by atoms with Crippen molar-refractivity contribution >= 4 is 34.9 Å². The second kappa shape index (κ2) is 10.7. The molecule has 0 bridgehead atoms. The number of nitrogen functional groups attached to an aromatic ring is 1. The third-order valence-corrected chi connectivity index (χ3v) is 8.24. The molecule has 3 aromatic rings. The zero-order chi connectivity index (χ0) is 24.4. The number of benzene rings is 2. The van der Waals surface area contributed by atoms with Gasteiger partial charge in [0.05, 0.1) is 22.0 Å². The summed E-state index contributed by atoms with van der Waals surface area (Å²) in [6.45, 7) is 0. The molecule has 35 heavy (non-hydrogen) atoms. The lowest BCUT2D eigenvalue weighted by Gasteiger charge is -2.41. The number of hydrogen-bond acceptors (Lipinski definition) is 2. The van der Waals surface area contributed by atoms with E-state index in [1.54, 1.807) is 0 Å². The summed E-state index contributed by atoms with van der Waals surface area (Å²) in [4.78, 5) is 16.5. The maximum absolute atomic E-state index is 14.3. The summed E-state index contributed by atoms with van der Waals surface area (Å²) in [5.41, 5.74) is 9.89. The van der Waals surface area contributed by atoms with Crippen LogP contribution in [0.2, 0.25) is 10.0 Å². The first-order valence-corrected chi connectivity index (χ1v) is 13.6. The number of hydrogen-bond donors (Lipinski definition) is 1. The fourth-order valence-corrected chi connectivity index (χ4v) is 6.26. The summed E-state index contributed by atoms with van der Waals surface area (Å²) < 4.78 is 1.92. The van der Waals surface area contributed by atoms with Crippen LogP contribution in [0.15, 0.2) is 54.6 Å². The van der Waals surface area contributed by atoms with E-state index in [9.17, 15) is 4.79 Å². The minimum atomic E-state index is 0.0577. The first-order chi connectivity index (χ1) is 17.0. The molecule has 2 aromatic carbocycles. The number of nitrogens with two attached hydrogens (primary N) is 1. The molecule has 184 valence electrons. The lowest BCUT2D eigenvalue weighted by molar-refractivity contribution is 0.0450. The van der Waals surface area contributed by atoms with Gasteiger partial charge >= 0.3 is 0 Å². The molecule has 4 nitrogen and oxygen atoms in total. The molecular weight excluding hydrogens is 477 g/mol. The second-order valence-electron chi connectivity index (χ2n) is 9.92.